The largest absolute Gasteiger partial charge is 0.478 e. The average Bonchev–Trinajstić information content (AvgIpc) is 2.81. The van der Waals surface area contributed by atoms with Crippen molar-refractivity contribution in [2.24, 2.45) is 0 Å². The van der Waals surface area contributed by atoms with Gasteiger partial charge in [0.2, 0.25) is 0 Å². The van der Waals surface area contributed by atoms with Crippen molar-refractivity contribution in [1.29, 1.82) is 0 Å². The van der Waals surface area contributed by atoms with Gasteiger partial charge in [0.05, 0.1) is 27.5 Å². The summed E-state index contributed by atoms with van der Waals surface area (Å²) in [5, 5.41) is 13.5. The zero-order chi connectivity index (χ0) is 18.9. The summed E-state index contributed by atoms with van der Waals surface area (Å²) in [5.74, 6) is -1.24. The number of rotatable bonds is 6. The number of benzene rings is 1. The first-order chi connectivity index (χ1) is 11.6. The molecule has 2 aromatic rings. The summed E-state index contributed by atoms with van der Waals surface area (Å²) in [5.41, 5.74) is 2.21. The maximum absolute atomic E-state index is 13.0. The molecule has 1 heterocycles. The summed E-state index contributed by atoms with van der Waals surface area (Å²) in [4.78, 5) is 11.2. The Labute approximate surface area is 147 Å². The number of carbonyl (C=O) groups is 1. The van der Waals surface area contributed by atoms with Gasteiger partial charge in [-0.2, -0.15) is 5.10 Å². The van der Waals surface area contributed by atoms with Crippen molar-refractivity contribution in [3.63, 3.8) is 0 Å². The van der Waals surface area contributed by atoms with Gasteiger partial charge in [0.25, 0.3) is 10.0 Å². The molecule has 0 bridgehead atoms. The van der Waals surface area contributed by atoms with E-state index < -0.39 is 16.0 Å². The van der Waals surface area contributed by atoms with Crippen LogP contribution < -0.4 is 4.72 Å². The van der Waals surface area contributed by atoms with Crippen LogP contribution in [0, 0.1) is 13.8 Å². The number of carboxylic acids is 1. The fourth-order valence-electron chi connectivity index (χ4n) is 2.72. The summed E-state index contributed by atoms with van der Waals surface area (Å²) in [6.07, 6.45) is 0. The molecule has 8 heteroatoms. The summed E-state index contributed by atoms with van der Waals surface area (Å²) >= 11 is 0. The van der Waals surface area contributed by atoms with E-state index in [1.807, 2.05) is 20.8 Å². The molecule has 0 aliphatic carbocycles. The standard InChI is InChI=1S/C17H23N3O4S/c1-6-20-12(5)16(11(4)18-20)19-25(23,24)15-9-13(17(21)22)7-8-14(15)10(2)3/h7-10,19H,6H2,1-5H3,(H,21,22). The highest BCUT2D eigenvalue weighted by atomic mass is 32.2. The lowest BCUT2D eigenvalue weighted by atomic mass is 10.0. The van der Waals surface area contributed by atoms with E-state index in [1.54, 1.807) is 24.6 Å². The van der Waals surface area contributed by atoms with Gasteiger partial charge in [-0.05, 0) is 44.4 Å². The number of anilines is 1. The smallest absolute Gasteiger partial charge is 0.335 e. The Morgan fingerprint density at radius 2 is 1.96 bits per heavy atom. The predicted octanol–water partition coefficient (Wildman–Crippen LogP) is 3.14. The van der Waals surface area contributed by atoms with E-state index in [-0.39, 0.29) is 16.4 Å². The Kier molecular flexibility index (Phi) is 5.22. The molecule has 0 saturated heterocycles. The third kappa shape index (κ3) is 3.68. The molecule has 0 fully saturated rings. The molecule has 0 unspecified atom stereocenters. The van der Waals surface area contributed by atoms with Crippen LogP contribution in [0.1, 0.15) is 54.0 Å². The molecule has 136 valence electrons. The van der Waals surface area contributed by atoms with E-state index in [9.17, 15) is 18.3 Å². The lowest BCUT2D eigenvalue weighted by molar-refractivity contribution is 0.0696. The highest BCUT2D eigenvalue weighted by molar-refractivity contribution is 7.92. The summed E-state index contributed by atoms with van der Waals surface area (Å²) in [7, 11) is -3.95. The van der Waals surface area contributed by atoms with Gasteiger partial charge in [-0.1, -0.05) is 19.9 Å². The number of aromatic nitrogens is 2. The molecular formula is C17H23N3O4S. The van der Waals surface area contributed by atoms with E-state index >= 15 is 0 Å². The van der Waals surface area contributed by atoms with E-state index in [1.165, 1.54) is 12.1 Å². The summed E-state index contributed by atoms with van der Waals surface area (Å²) in [6.45, 7) is 9.79. The van der Waals surface area contributed by atoms with Crippen LogP contribution in [0.4, 0.5) is 5.69 Å². The minimum absolute atomic E-state index is 0.0227. The van der Waals surface area contributed by atoms with Crippen LogP contribution in [-0.2, 0) is 16.6 Å². The zero-order valence-electron chi connectivity index (χ0n) is 15.0. The summed E-state index contributed by atoms with van der Waals surface area (Å²) < 4.78 is 30.2. The number of carboxylic acid groups (broad SMARTS) is 1. The molecule has 7 nitrogen and oxygen atoms in total. The molecule has 1 aromatic heterocycles. The molecule has 0 atom stereocenters. The molecule has 1 aromatic carbocycles. The van der Waals surface area contributed by atoms with Crippen molar-refractivity contribution in [3.8, 4) is 0 Å². The van der Waals surface area contributed by atoms with E-state index in [0.29, 0.717) is 29.2 Å². The Balaban J connectivity index is 2.58. The maximum Gasteiger partial charge on any atom is 0.335 e. The summed E-state index contributed by atoms with van der Waals surface area (Å²) in [6, 6.07) is 4.18. The fraction of sp³-hybridized carbons (Fsp3) is 0.412. The second kappa shape index (κ2) is 6.87. The SMILES string of the molecule is CCn1nc(C)c(NS(=O)(=O)c2cc(C(=O)O)ccc2C(C)C)c1C. The van der Waals surface area contributed by atoms with Gasteiger partial charge in [-0.15, -0.1) is 0 Å². The molecule has 0 amide bonds. The lowest BCUT2D eigenvalue weighted by Gasteiger charge is -2.15. The van der Waals surface area contributed by atoms with Crippen molar-refractivity contribution < 1.29 is 18.3 Å². The van der Waals surface area contributed by atoms with Crippen LogP contribution in [0.15, 0.2) is 23.1 Å². The third-order valence-electron chi connectivity index (χ3n) is 4.09. The number of nitrogens with one attached hydrogen (secondary N) is 1. The zero-order valence-corrected chi connectivity index (χ0v) is 15.8. The number of sulfonamides is 1. The molecule has 2 N–H and O–H groups in total. The molecule has 0 saturated carbocycles. The number of hydrogen-bond acceptors (Lipinski definition) is 4. The van der Waals surface area contributed by atoms with Crippen LogP contribution in [0.3, 0.4) is 0 Å². The van der Waals surface area contributed by atoms with Crippen LogP contribution in [0.25, 0.3) is 0 Å². The maximum atomic E-state index is 13.0. The quantitative estimate of drug-likeness (QED) is 0.819. The van der Waals surface area contributed by atoms with Crippen molar-refractivity contribution in [3.05, 3.63) is 40.7 Å². The minimum atomic E-state index is -3.95. The van der Waals surface area contributed by atoms with Crippen LogP contribution in [0.5, 0.6) is 0 Å². The van der Waals surface area contributed by atoms with E-state index in [4.69, 9.17) is 0 Å². The third-order valence-corrected chi connectivity index (χ3v) is 5.49. The van der Waals surface area contributed by atoms with Crippen molar-refractivity contribution >= 4 is 21.7 Å². The first kappa shape index (κ1) is 19.0. The van der Waals surface area contributed by atoms with Gasteiger partial charge in [0.1, 0.15) is 0 Å². The average molecular weight is 365 g/mol. The van der Waals surface area contributed by atoms with Crippen LogP contribution in [0.2, 0.25) is 0 Å². The number of aryl methyl sites for hydroxylation is 2. The number of hydrogen-bond donors (Lipinski definition) is 2. The van der Waals surface area contributed by atoms with Gasteiger partial charge in [-0.25, -0.2) is 13.2 Å². The fourth-order valence-corrected chi connectivity index (χ4v) is 4.29. The molecular weight excluding hydrogens is 342 g/mol. The van der Waals surface area contributed by atoms with Crippen molar-refractivity contribution in [1.82, 2.24) is 9.78 Å². The first-order valence-electron chi connectivity index (χ1n) is 8.02. The molecule has 0 spiro atoms. The normalized spacial score (nSPS) is 11.8. The Hall–Kier alpha value is -2.35. The molecule has 25 heavy (non-hydrogen) atoms. The van der Waals surface area contributed by atoms with Crippen LogP contribution >= 0.6 is 0 Å². The van der Waals surface area contributed by atoms with Gasteiger partial charge < -0.3 is 5.11 Å². The predicted molar refractivity (Wildman–Crippen MR) is 95.7 cm³/mol. The van der Waals surface area contributed by atoms with Crippen molar-refractivity contribution in [2.75, 3.05) is 4.72 Å². The Morgan fingerprint density at radius 1 is 1.32 bits per heavy atom. The van der Waals surface area contributed by atoms with Gasteiger partial charge in [0.15, 0.2) is 0 Å². The van der Waals surface area contributed by atoms with Gasteiger partial charge in [-0.3, -0.25) is 9.40 Å². The topological polar surface area (TPSA) is 101 Å². The highest BCUT2D eigenvalue weighted by Gasteiger charge is 2.24. The first-order valence-corrected chi connectivity index (χ1v) is 9.50. The highest BCUT2D eigenvalue weighted by Crippen LogP contribution is 2.29. The Morgan fingerprint density at radius 3 is 2.44 bits per heavy atom. The van der Waals surface area contributed by atoms with Gasteiger partial charge in [0, 0.05) is 6.54 Å². The lowest BCUT2D eigenvalue weighted by Crippen LogP contribution is -2.17. The minimum Gasteiger partial charge on any atom is -0.478 e. The second-order valence-corrected chi connectivity index (χ2v) is 7.83. The van der Waals surface area contributed by atoms with Crippen LogP contribution in [-0.4, -0.2) is 29.3 Å². The second-order valence-electron chi connectivity index (χ2n) is 6.18. The van der Waals surface area contributed by atoms with Crippen molar-refractivity contribution in [2.45, 2.75) is 52.0 Å². The van der Waals surface area contributed by atoms with E-state index in [2.05, 4.69) is 9.82 Å². The molecule has 0 aliphatic rings. The Bertz CT molecular complexity index is 914. The van der Waals surface area contributed by atoms with E-state index in [0.717, 1.165) is 0 Å². The molecule has 0 radical (unpaired) electrons. The number of aromatic carboxylic acids is 1. The monoisotopic (exact) mass is 365 g/mol. The molecule has 0 aliphatic heterocycles. The number of nitrogens with zero attached hydrogens (tertiary/aromatic N) is 2. The molecule has 2 rings (SSSR count). The van der Waals surface area contributed by atoms with Gasteiger partial charge >= 0.3 is 5.97 Å².